The fourth-order valence-electron chi connectivity index (χ4n) is 1.80. The van der Waals surface area contributed by atoms with Gasteiger partial charge in [-0.05, 0) is 29.3 Å². The van der Waals surface area contributed by atoms with Gasteiger partial charge in [-0.3, -0.25) is 4.79 Å². The third-order valence-corrected chi connectivity index (χ3v) is 5.04. The molecule has 2 heterocycles. The molecule has 112 valence electrons. The summed E-state index contributed by atoms with van der Waals surface area (Å²) in [6.07, 6.45) is 6.15. The van der Waals surface area contributed by atoms with Crippen LogP contribution in [0.25, 0.3) is 0 Å². The molecular formula is C14H17BrN4OS. The molecule has 0 radical (unpaired) electrons. The number of aromatic nitrogens is 3. The van der Waals surface area contributed by atoms with Crippen LogP contribution in [-0.4, -0.2) is 14.8 Å². The fourth-order valence-corrected chi connectivity index (χ4v) is 3.08. The summed E-state index contributed by atoms with van der Waals surface area (Å²) in [4.78, 5) is 17.8. The minimum atomic E-state index is -0.180. The minimum Gasteiger partial charge on any atom is -0.374 e. The van der Waals surface area contributed by atoms with Crippen LogP contribution >= 0.6 is 27.3 Å². The Morgan fingerprint density at radius 3 is 2.95 bits per heavy atom. The number of thiazole rings is 1. The molecule has 0 saturated carbocycles. The number of rotatable bonds is 6. The first-order chi connectivity index (χ1) is 10.1. The molecule has 0 aliphatic rings. The molecule has 2 rings (SSSR count). The molecular weight excluding hydrogens is 352 g/mol. The largest absolute Gasteiger partial charge is 0.374 e. The van der Waals surface area contributed by atoms with Crippen LogP contribution in [0.15, 0.2) is 34.3 Å². The van der Waals surface area contributed by atoms with Crippen molar-refractivity contribution in [1.82, 2.24) is 14.8 Å². The third-order valence-electron chi connectivity index (χ3n) is 2.95. The van der Waals surface area contributed by atoms with E-state index in [-0.39, 0.29) is 11.6 Å². The van der Waals surface area contributed by atoms with Gasteiger partial charge in [-0.1, -0.05) is 13.0 Å². The van der Waals surface area contributed by atoms with Crippen molar-refractivity contribution in [2.24, 2.45) is 0 Å². The Hall–Kier alpha value is -1.47. The average Bonchev–Trinajstić information content (AvgIpc) is 2.96. The smallest absolute Gasteiger partial charge is 0.283 e. The number of aryl methyl sites for hydroxylation is 1. The monoisotopic (exact) mass is 368 g/mol. The Morgan fingerprint density at radius 1 is 1.57 bits per heavy atom. The summed E-state index contributed by atoms with van der Waals surface area (Å²) in [7, 11) is 0. The molecule has 0 amide bonds. The van der Waals surface area contributed by atoms with Gasteiger partial charge < -0.3 is 5.32 Å². The van der Waals surface area contributed by atoms with Gasteiger partial charge in [-0.2, -0.15) is 5.10 Å². The molecule has 0 aliphatic heterocycles. The molecule has 7 heteroatoms. The fraction of sp³-hybridized carbons (Fsp3) is 0.357. The lowest BCUT2D eigenvalue weighted by molar-refractivity contribution is 0.647. The van der Waals surface area contributed by atoms with Crippen LogP contribution in [0.5, 0.6) is 0 Å². The summed E-state index contributed by atoms with van der Waals surface area (Å²) in [6.45, 7) is 8.12. The van der Waals surface area contributed by atoms with Crippen molar-refractivity contribution in [3.05, 3.63) is 49.8 Å². The van der Waals surface area contributed by atoms with Gasteiger partial charge in [0.05, 0.1) is 24.5 Å². The Morgan fingerprint density at radius 2 is 2.33 bits per heavy atom. The zero-order chi connectivity index (χ0) is 15.4. The first-order valence-electron chi connectivity index (χ1n) is 6.64. The Balaban J connectivity index is 2.21. The first-order valence-corrected chi connectivity index (χ1v) is 8.25. The molecule has 2 aromatic rings. The van der Waals surface area contributed by atoms with E-state index in [1.54, 1.807) is 23.6 Å². The molecule has 0 saturated heterocycles. The standard InChI is InChI=1S/C14H17BrN4OS/c1-4-6-19-14(20)12(15)11(8-17-19)18-9(3)13-16-7-10(5-2)21-13/h4,7-9,18H,1,5-6H2,2-3H3. The van der Waals surface area contributed by atoms with Crippen molar-refractivity contribution in [2.45, 2.75) is 32.9 Å². The molecule has 5 nitrogen and oxygen atoms in total. The van der Waals surface area contributed by atoms with Crippen molar-refractivity contribution in [2.75, 3.05) is 5.32 Å². The predicted molar refractivity (Wildman–Crippen MR) is 89.9 cm³/mol. The maximum atomic E-state index is 12.1. The Kier molecular flexibility index (Phi) is 5.30. The van der Waals surface area contributed by atoms with Crippen LogP contribution in [0.4, 0.5) is 5.69 Å². The molecule has 1 atom stereocenters. The maximum Gasteiger partial charge on any atom is 0.283 e. The van der Waals surface area contributed by atoms with Gasteiger partial charge in [0.25, 0.3) is 5.56 Å². The number of hydrogen-bond acceptors (Lipinski definition) is 5. The van der Waals surface area contributed by atoms with Crippen molar-refractivity contribution >= 4 is 33.0 Å². The topological polar surface area (TPSA) is 59.8 Å². The molecule has 1 unspecified atom stereocenters. The lowest BCUT2D eigenvalue weighted by Crippen LogP contribution is -2.24. The van der Waals surface area contributed by atoms with E-state index in [0.717, 1.165) is 11.4 Å². The number of hydrogen-bond donors (Lipinski definition) is 1. The second kappa shape index (κ2) is 7.00. The summed E-state index contributed by atoms with van der Waals surface area (Å²) in [6, 6.07) is 0.0167. The van der Waals surface area contributed by atoms with E-state index in [2.05, 4.69) is 44.8 Å². The van der Waals surface area contributed by atoms with Gasteiger partial charge in [0.1, 0.15) is 9.48 Å². The normalized spacial score (nSPS) is 12.1. The van der Waals surface area contributed by atoms with Crippen molar-refractivity contribution in [3.63, 3.8) is 0 Å². The lowest BCUT2D eigenvalue weighted by Gasteiger charge is -2.14. The van der Waals surface area contributed by atoms with E-state index in [0.29, 0.717) is 16.7 Å². The number of halogens is 1. The van der Waals surface area contributed by atoms with Crippen molar-refractivity contribution in [1.29, 1.82) is 0 Å². The minimum absolute atomic E-state index is 0.0167. The maximum absolute atomic E-state index is 12.1. The Labute approximate surface area is 135 Å². The average molecular weight is 369 g/mol. The van der Waals surface area contributed by atoms with Gasteiger partial charge in [0.2, 0.25) is 0 Å². The summed E-state index contributed by atoms with van der Waals surface area (Å²) >= 11 is 5.01. The highest BCUT2D eigenvalue weighted by Crippen LogP contribution is 2.26. The first kappa shape index (κ1) is 15.9. The number of nitrogens with one attached hydrogen (secondary N) is 1. The predicted octanol–water partition coefficient (Wildman–Crippen LogP) is 3.38. The van der Waals surface area contributed by atoms with E-state index in [1.807, 2.05) is 13.1 Å². The molecule has 21 heavy (non-hydrogen) atoms. The number of nitrogens with zero attached hydrogens (tertiary/aromatic N) is 3. The van der Waals surface area contributed by atoms with Crippen LogP contribution in [-0.2, 0) is 13.0 Å². The Bertz CT molecular complexity index is 695. The van der Waals surface area contributed by atoms with E-state index in [4.69, 9.17) is 0 Å². The van der Waals surface area contributed by atoms with E-state index >= 15 is 0 Å². The zero-order valence-corrected chi connectivity index (χ0v) is 14.4. The SMILES string of the molecule is C=CCn1ncc(NC(C)c2ncc(CC)s2)c(Br)c1=O. The summed E-state index contributed by atoms with van der Waals surface area (Å²) < 4.78 is 1.82. The van der Waals surface area contributed by atoms with Gasteiger partial charge in [0, 0.05) is 11.1 Å². The van der Waals surface area contributed by atoms with E-state index in [1.165, 1.54) is 9.56 Å². The van der Waals surface area contributed by atoms with Gasteiger partial charge >= 0.3 is 0 Å². The van der Waals surface area contributed by atoms with Gasteiger partial charge in [-0.15, -0.1) is 17.9 Å². The molecule has 1 N–H and O–H groups in total. The van der Waals surface area contributed by atoms with Gasteiger partial charge in [-0.25, -0.2) is 9.67 Å². The number of anilines is 1. The third kappa shape index (κ3) is 3.59. The number of allylic oxidation sites excluding steroid dienone is 1. The van der Waals surface area contributed by atoms with Crippen molar-refractivity contribution in [3.8, 4) is 0 Å². The van der Waals surface area contributed by atoms with Crippen molar-refractivity contribution < 1.29 is 0 Å². The van der Waals surface area contributed by atoms with Gasteiger partial charge in [0.15, 0.2) is 0 Å². The van der Waals surface area contributed by atoms with Crippen LogP contribution in [0, 0.1) is 0 Å². The molecule has 2 aromatic heterocycles. The lowest BCUT2D eigenvalue weighted by atomic mass is 10.3. The molecule has 0 aliphatic carbocycles. The second-order valence-electron chi connectivity index (χ2n) is 4.53. The highest BCUT2D eigenvalue weighted by Gasteiger charge is 2.14. The molecule has 0 spiro atoms. The second-order valence-corrected chi connectivity index (χ2v) is 6.47. The van der Waals surface area contributed by atoms with Crippen LogP contribution in [0.1, 0.15) is 29.8 Å². The molecule has 0 bridgehead atoms. The van der Waals surface area contributed by atoms with E-state index in [9.17, 15) is 4.79 Å². The summed E-state index contributed by atoms with van der Waals surface area (Å²) in [5.74, 6) is 0. The summed E-state index contributed by atoms with van der Waals surface area (Å²) in [5, 5.41) is 8.39. The highest BCUT2D eigenvalue weighted by atomic mass is 79.9. The molecule has 0 aromatic carbocycles. The summed E-state index contributed by atoms with van der Waals surface area (Å²) in [5.41, 5.74) is 0.488. The highest BCUT2D eigenvalue weighted by molar-refractivity contribution is 9.10. The molecule has 0 fully saturated rings. The quantitative estimate of drug-likeness (QED) is 0.793. The van der Waals surface area contributed by atoms with Crippen LogP contribution in [0.2, 0.25) is 0 Å². The van der Waals surface area contributed by atoms with E-state index < -0.39 is 0 Å². The van der Waals surface area contributed by atoms with Crippen LogP contribution in [0.3, 0.4) is 0 Å². The zero-order valence-electron chi connectivity index (χ0n) is 12.0. The van der Waals surface area contributed by atoms with Crippen LogP contribution < -0.4 is 10.9 Å².